The van der Waals surface area contributed by atoms with Crippen molar-refractivity contribution in [2.75, 3.05) is 26.1 Å². The summed E-state index contributed by atoms with van der Waals surface area (Å²) in [4.78, 5) is 35.5. The van der Waals surface area contributed by atoms with Gasteiger partial charge in [0.05, 0.1) is 31.0 Å². The Hall–Kier alpha value is -3.42. The molecular formula is C18H16FNO6. The first-order valence-electron chi connectivity index (χ1n) is 7.43. The van der Waals surface area contributed by atoms with E-state index in [1.807, 2.05) is 0 Å². The number of anilines is 1. The van der Waals surface area contributed by atoms with Gasteiger partial charge in [0, 0.05) is 0 Å². The number of benzene rings is 2. The van der Waals surface area contributed by atoms with Crippen molar-refractivity contribution in [3.05, 3.63) is 59.4 Å². The zero-order valence-corrected chi connectivity index (χ0v) is 14.1. The van der Waals surface area contributed by atoms with Gasteiger partial charge < -0.3 is 19.5 Å². The molecule has 2 aromatic carbocycles. The maximum atomic E-state index is 12.8. The Morgan fingerprint density at radius 3 is 2.23 bits per heavy atom. The number of esters is 2. The second-order valence-electron chi connectivity index (χ2n) is 5.03. The molecule has 0 fully saturated rings. The van der Waals surface area contributed by atoms with E-state index in [1.54, 1.807) is 0 Å². The number of halogens is 1. The van der Waals surface area contributed by atoms with Crippen LogP contribution in [0.5, 0.6) is 5.75 Å². The molecule has 2 rings (SSSR count). The van der Waals surface area contributed by atoms with Crippen LogP contribution in [0.3, 0.4) is 0 Å². The molecule has 26 heavy (non-hydrogen) atoms. The molecule has 8 heteroatoms. The van der Waals surface area contributed by atoms with Crippen LogP contribution in [-0.4, -0.2) is 38.7 Å². The summed E-state index contributed by atoms with van der Waals surface area (Å²) in [7, 11) is 2.41. The minimum absolute atomic E-state index is 0.0651. The first-order valence-corrected chi connectivity index (χ1v) is 7.43. The van der Waals surface area contributed by atoms with Gasteiger partial charge in [-0.1, -0.05) is 0 Å². The van der Waals surface area contributed by atoms with E-state index in [1.165, 1.54) is 56.7 Å². The molecule has 0 aliphatic carbocycles. The van der Waals surface area contributed by atoms with Gasteiger partial charge in [-0.15, -0.1) is 0 Å². The summed E-state index contributed by atoms with van der Waals surface area (Å²) in [5.74, 6) is -2.01. The van der Waals surface area contributed by atoms with Gasteiger partial charge in [-0.2, -0.15) is 0 Å². The lowest BCUT2D eigenvalue weighted by molar-refractivity contribution is -0.118. The second kappa shape index (κ2) is 8.61. The Morgan fingerprint density at radius 1 is 0.962 bits per heavy atom. The van der Waals surface area contributed by atoms with Gasteiger partial charge in [-0.3, -0.25) is 4.79 Å². The van der Waals surface area contributed by atoms with Crippen LogP contribution in [0.15, 0.2) is 42.5 Å². The van der Waals surface area contributed by atoms with Crippen LogP contribution in [0.25, 0.3) is 0 Å². The van der Waals surface area contributed by atoms with Crippen LogP contribution < -0.4 is 10.1 Å². The summed E-state index contributed by atoms with van der Waals surface area (Å²) in [6.45, 7) is -0.380. The van der Waals surface area contributed by atoms with Gasteiger partial charge in [0.25, 0.3) is 5.91 Å². The molecular weight excluding hydrogens is 345 g/mol. The molecule has 0 atom stereocenters. The summed E-state index contributed by atoms with van der Waals surface area (Å²) < 4.78 is 27.3. The fraction of sp³-hybridized carbons (Fsp3) is 0.167. The molecule has 2 aromatic rings. The van der Waals surface area contributed by atoms with E-state index in [0.717, 1.165) is 0 Å². The van der Waals surface area contributed by atoms with E-state index >= 15 is 0 Å². The van der Waals surface area contributed by atoms with E-state index in [4.69, 9.17) is 4.74 Å². The smallest absolute Gasteiger partial charge is 0.339 e. The molecule has 0 spiro atoms. The molecule has 1 amide bonds. The Labute approximate surface area is 148 Å². The number of hydrogen-bond acceptors (Lipinski definition) is 6. The van der Waals surface area contributed by atoms with E-state index in [-0.39, 0.29) is 23.4 Å². The summed E-state index contributed by atoms with van der Waals surface area (Å²) >= 11 is 0. The Bertz CT molecular complexity index is 819. The highest BCUT2D eigenvalue weighted by molar-refractivity contribution is 6.03. The maximum Gasteiger partial charge on any atom is 0.339 e. The van der Waals surface area contributed by atoms with E-state index < -0.39 is 23.7 Å². The van der Waals surface area contributed by atoms with Crippen molar-refractivity contribution in [2.24, 2.45) is 0 Å². The number of methoxy groups -OCH3 is 2. The van der Waals surface area contributed by atoms with E-state index in [0.29, 0.717) is 5.75 Å². The van der Waals surface area contributed by atoms with E-state index in [2.05, 4.69) is 14.8 Å². The quantitative estimate of drug-likeness (QED) is 0.795. The van der Waals surface area contributed by atoms with Gasteiger partial charge in [-0.05, 0) is 42.5 Å². The van der Waals surface area contributed by atoms with Crippen molar-refractivity contribution in [1.82, 2.24) is 0 Å². The summed E-state index contributed by atoms with van der Waals surface area (Å²) in [6, 6.07) is 9.16. The van der Waals surface area contributed by atoms with Crippen molar-refractivity contribution in [3.8, 4) is 5.75 Å². The highest BCUT2D eigenvalue weighted by Crippen LogP contribution is 2.20. The van der Waals surface area contributed by atoms with Crippen LogP contribution in [0.2, 0.25) is 0 Å². The monoisotopic (exact) mass is 361 g/mol. The first kappa shape index (κ1) is 18.9. The molecule has 0 bridgehead atoms. The topological polar surface area (TPSA) is 90.9 Å². The minimum atomic E-state index is -0.684. The number of hydrogen-bond donors (Lipinski definition) is 1. The summed E-state index contributed by atoms with van der Waals surface area (Å²) in [5.41, 5.74) is 0.289. The molecule has 7 nitrogen and oxygen atoms in total. The molecule has 0 aromatic heterocycles. The molecule has 0 aliphatic heterocycles. The highest BCUT2D eigenvalue weighted by atomic mass is 19.1. The van der Waals surface area contributed by atoms with Gasteiger partial charge >= 0.3 is 11.9 Å². The zero-order valence-electron chi connectivity index (χ0n) is 14.1. The van der Waals surface area contributed by atoms with Gasteiger partial charge in [0.15, 0.2) is 6.61 Å². The molecule has 136 valence electrons. The third-order valence-electron chi connectivity index (χ3n) is 3.30. The van der Waals surface area contributed by atoms with Crippen molar-refractivity contribution >= 4 is 23.5 Å². The second-order valence-corrected chi connectivity index (χ2v) is 5.03. The van der Waals surface area contributed by atoms with Crippen molar-refractivity contribution in [3.63, 3.8) is 0 Å². The van der Waals surface area contributed by atoms with Crippen LogP contribution in [0, 0.1) is 5.82 Å². The van der Waals surface area contributed by atoms with Crippen LogP contribution in [-0.2, 0) is 14.3 Å². The van der Waals surface area contributed by atoms with Crippen LogP contribution >= 0.6 is 0 Å². The predicted octanol–water partition coefficient (Wildman–Crippen LogP) is 2.42. The molecule has 0 unspecified atom stereocenters. The van der Waals surface area contributed by atoms with Crippen molar-refractivity contribution in [2.45, 2.75) is 0 Å². The minimum Gasteiger partial charge on any atom is -0.484 e. The number of ether oxygens (including phenoxy) is 3. The lowest BCUT2D eigenvalue weighted by Gasteiger charge is -2.12. The predicted molar refractivity (Wildman–Crippen MR) is 89.6 cm³/mol. The average molecular weight is 361 g/mol. The lowest BCUT2D eigenvalue weighted by atomic mass is 10.1. The number of carbonyl (C=O) groups is 3. The number of amides is 1. The van der Waals surface area contributed by atoms with Gasteiger partial charge in [0.1, 0.15) is 11.6 Å². The molecule has 1 N–H and O–H groups in total. The summed E-state index contributed by atoms with van der Waals surface area (Å²) in [5, 5.41) is 2.48. The van der Waals surface area contributed by atoms with Gasteiger partial charge in [0.2, 0.25) is 0 Å². The van der Waals surface area contributed by atoms with Crippen molar-refractivity contribution in [1.29, 1.82) is 0 Å². The van der Waals surface area contributed by atoms with Crippen LogP contribution in [0.1, 0.15) is 20.7 Å². The van der Waals surface area contributed by atoms with E-state index in [9.17, 15) is 18.8 Å². The third kappa shape index (κ3) is 4.79. The SMILES string of the molecule is COC(=O)c1ccc(C(=O)OC)c(NC(=O)COc2ccc(F)cc2)c1. The average Bonchev–Trinajstić information content (AvgIpc) is 2.66. The zero-order chi connectivity index (χ0) is 19.1. The van der Waals surface area contributed by atoms with Crippen molar-refractivity contribution < 1.29 is 33.0 Å². The molecule has 0 saturated heterocycles. The fourth-order valence-electron chi connectivity index (χ4n) is 2.05. The lowest BCUT2D eigenvalue weighted by Crippen LogP contribution is -2.22. The molecule has 0 radical (unpaired) electrons. The first-order chi connectivity index (χ1) is 12.4. The maximum absolute atomic E-state index is 12.8. The Morgan fingerprint density at radius 2 is 1.62 bits per heavy atom. The fourth-order valence-corrected chi connectivity index (χ4v) is 2.05. The number of nitrogens with one attached hydrogen (secondary N) is 1. The summed E-state index contributed by atoms with van der Waals surface area (Å²) in [6.07, 6.45) is 0. The third-order valence-corrected chi connectivity index (χ3v) is 3.30. The molecule has 0 saturated carbocycles. The van der Waals surface area contributed by atoms with Crippen LogP contribution in [0.4, 0.5) is 10.1 Å². The Kier molecular flexibility index (Phi) is 6.26. The highest BCUT2D eigenvalue weighted by Gasteiger charge is 2.17. The Balaban J connectivity index is 2.14. The van der Waals surface area contributed by atoms with Gasteiger partial charge in [-0.25, -0.2) is 14.0 Å². The largest absolute Gasteiger partial charge is 0.484 e. The molecule has 0 heterocycles. The number of carbonyl (C=O) groups excluding carboxylic acids is 3. The number of rotatable bonds is 6. The molecule has 0 aliphatic rings. The normalized spacial score (nSPS) is 9.96. The standard InChI is InChI=1S/C18H16FNO6/c1-24-17(22)11-3-8-14(18(23)25-2)15(9-11)20-16(21)10-26-13-6-4-12(19)5-7-13/h3-9H,10H2,1-2H3,(H,20,21).